The van der Waals surface area contributed by atoms with E-state index in [0.717, 1.165) is 38.4 Å². The van der Waals surface area contributed by atoms with E-state index in [9.17, 15) is 0 Å². The average molecular weight is 1200 g/mol. The summed E-state index contributed by atoms with van der Waals surface area (Å²) in [6, 6.07) is 10.1. The van der Waals surface area contributed by atoms with E-state index in [4.69, 9.17) is 13.1 Å². The second-order valence-electron chi connectivity index (χ2n) is 17.5. The molecule has 0 bridgehead atoms. The smallest absolute Gasteiger partial charge is 0.115 e. The van der Waals surface area contributed by atoms with Gasteiger partial charge in [-0.3, -0.25) is 0 Å². The van der Waals surface area contributed by atoms with Crippen LogP contribution in [0.15, 0.2) is 59.5 Å². The summed E-state index contributed by atoms with van der Waals surface area (Å²) in [5, 5.41) is 9.11. The number of halogens is 4. The molecule has 0 spiro atoms. The van der Waals surface area contributed by atoms with Crippen LogP contribution in [0, 0.1) is 0 Å². The fourth-order valence-corrected chi connectivity index (χ4v) is 18.7. The van der Waals surface area contributed by atoms with Crippen molar-refractivity contribution in [2.75, 3.05) is 21.3 Å². The van der Waals surface area contributed by atoms with E-state index in [0.29, 0.717) is 0 Å². The molecule has 14 heteroatoms. The van der Waals surface area contributed by atoms with Crippen LogP contribution in [0.25, 0.3) is 30.7 Å². The molecule has 0 saturated carbocycles. The van der Waals surface area contributed by atoms with Gasteiger partial charge in [0.05, 0.1) is 35.2 Å². The van der Waals surface area contributed by atoms with Crippen LogP contribution in [-0.4, -0.2) is 33.1 Å². The summed E-state index contributed by atoms with van der Waals surface area (Å²) in [5.41, 5.74) is 12.2. The van der Waals surface area contributed by atoms with Crippen molar-refractivity contribution in [1.29, 1.82) is 0 Å². The summed E-state index contributed by atoms with van der Waals surface area (Å²) >= 11 is 25.5. The highest BCUT2D eigenvalue weighted by Gasteiger charge is 2.49. The van der Waals surface area contributed by atoms with Gasteiger partial charge in [0, 0.05) is 72.6 Å². The number of fused-ring (bicyclic) bond motifs is 8. The molecule has 5 aliphatic rings. The number of unbranched alkanes of at least 4 members (excludes halogenated alkanes) is 12. The molecule has 0 fully saturated rings. The molecule has 0 radical (unpaired) electrons. The molecule has 4 nitrogen and oxygen atoms in total. The van der Waals surface area contributed by atoms with E-state index in [1.54, 1.807) is 22.3 Å². The Hall–Kier alpha value is -0.000000000000000278. The minimum absolute atomic E-state index is 0.0289. The topological polar surface area (TPSA) is 49.1 Å². The number of alkyl halides is 4. The van der Waals surface area contributed by atoms with Gasteiger partial charge in [-0.05, 0) is 109 Å². The standard InChI is InChI=1S/C48H56Br4N4S6/c49-23-13-5-1-9-19-47(20-10-2-6-14-24-50)31-17-27-57-43(31)45-33(47)29-35(59-45)37-39-41(55-61-53-39)38(42-40(37)54-62-56-42)36-30-34-46(60-36)44-32(18-28-58-44)48(34,21-11-3-7-15-25-51)22-12-4-8-16-26-52/h17-18,27-30,39,53H,1-16,19-26H2. The van der Waals surface area contributed by atoms with Crippen LogP contribution in [0.1, 0.15) is 160 Å². The van der Waals surface area contributed by atoms with Crippen molar-refractivity contribution in [2.24, 2.45) is 13.1 Å². The minimum atomic E-state index is -0.0289. The van der Waals surface area contributed by atoms with Gasteiger partial charge in [0.2, 0.25) is 0 Å². The van der Waals surface area contributed by atoms with Crippen LogP contribution in [0.3, 0.4) is 0 Å². The number of thiophene rings is 4. The summed E-state index contributed by atoms with van der Waals surface area (Å²) in [5.74, 6) is 0. The summed E-state index contributed by atoms with van der Waals surface area (Å²) in [6.07, 6.45) is 25.4. The first kappa shape index (κ1) is 47.1. The van der Waals surface area contributed by atoms with Crippen LogP contribution < -0.4 is 4.72 Å². The van der Waals surface area contributed by atoms with Crippen molar-refractivity contribution in [3.8, 4) is 19.5 Å². The quantitative estimate of drug-likeness (QED) is 0.0387. The van der Waals surface area contributed by atoms with Crippen molar-refractivity contribution in [3.63, 3.8) is 0 Å². The van der Waals surface area contributed by atoms with Crippen molar-refractivity contribution >= 4 is 149 Å². The van der Waals surface area contributed by atoms with Gasteiger partial charge < -0.3 is 0 Å². The fraction of sp³-hybridized carbons (Fsp3) is 0.562. The second kappa shape index (κ2) is 22.0. The maximum Gasteiger partial charge on any atom is 0.115 e. The van der Waals surface area contributed by atoms with E-state index < -0.39 is 0 Å². The predicted molar refractivity (Wildman–Crippen MR) is 292 cm³/mol. The Kier molecular flexibility index (Phi) is 16.7. The molecule has 3 aliphatic carbocycles. The third-order valence-electron chi connectivity index (χ3n) is 13.8. The zero-order chi connectivity index (χ0) is 42.5. The molecule has 4 aromatic heterocycles. The maximum atomic E-state index is 5.23. The molecule has 62 heavy (non-hydrogen) atoms. The number of hydrogen-bond acceptors (Lipinski definition) is 9. The number of hydrogen-bond donors (Lipinski definition) is 1. The van der Waals surface area contributed by atoms with Crippen molar-refractivity contribution in [1.82, 2.24) is 4.72 Å². The van der Waals surface area contributed by atoms with Crippen LogP contribution in [0.4, 0.5) is 0 Å². The molecule has 0 saturated heterocycles. The maximum absolute atomic E-state index is 5.23. The van der Waals surface area contributed by atoms with Crippen LogP contribution >= 0.6 is 121 Å². The molecule has 0 aromatic carbocycles. The summed E-state index contributed by atoms with van der Waals surface area (Å²) in [6.45, 7) is 0. The fourth-order valence-electron chi connectivity index (χ4n) is 10.8. The first-order chi connectivity index (χ1) is 30.6. The van der Waals surface area contributed by atoms with Gasteiger partial charge in [0.15, 0.2) is 0 Å². The highest BCUT2D eigenvalue weighted by Crippen LogP contribution is 2.62. The zero-order valence-electron chi connectivity index (χ0n) is 35.3. The average Bonchev–Trinajstić information content (AvgIpc) is 4.14. The zero-order valence-corrected chi connectivity index (χ0v) is 46.6. The van der Waals surface area contributed by atoms with Crippen molar-refractivity contribution in [2.45, 2.75) is 145 Å². The highest BCUT2D eigenvalue weighted by molar-refractivity contribution is 9.09. The molecule has 1 atom stereocenters. The molecule has 1 unspecified atom stereocenters. The van der Waals surface area contributed by atoms with Gasteiger partial charge >= 0.3 is 0 Å². The van der Waals surface area contributed by atoms with E-state index in [1.165, 1.54) is 192 Å². The second-order valence-corrected chi connectivity index (χ2v) is 25.7. The Labute approximate surface area is 427 Å². The van der Waals surface area contributed by atoms with E-state index in [1.807, 2.05) is 45.3 Å². The molecule has 332 valence electrons. The summed E-state index contributed by atoms with van der Waals surface area (Å²) in [4.78, 5) is 8.66. The van der Waals surface area contributed by atoms with Crippen LogP contribution in [0.2, 0.25) is 0 Å². The molecule has 4 aromatic rings. The van der Waals surface area contributed by atoms with Gasteiger partial charge in [-0.1, -0.05) is 141 Å². The Morgan fingerprint density at radius 3 is 1.47 bits per heavy atom. The molecule has 1 N–H and O–H groups in total. The SMILES string of the molecule is BrCCCCCCC1(CCCCCCBr)c2ccsc2-c2sc(C3=C4N=S=NC4=C(c4cc5c(s4)-c4sccc4C5(CCCCCCBr)CCCCCCBr)C4NSN=C34)cc21. The molecule has 9 rings (SSSR count). The Morgan fingerprint density at radius 2 is 0.968 bits per heavy atom. The predicted octanol–water partition coefficient (Wildman–Crippen LogP) is 18.4. The van der Waals surface area contributed by atoms with Crippen LogP contribution in [0.5, 0.6) is 0 Å². The van der Waals surface area contributed by atoms with Crippen LogP contribution in [-0.2, 0) is 22.2 Å². The first-order valence-corrected chi connectivity index (χ1v) is 32.2. The molecular weight excluding hydrogens is 1140 g/mol. The largest absolute Gasteiger partial charge is 0.231 e. The lowest BCUT2D eigenvalue weighted by Crippen LogP contribution is -2.33. The van der Waals surface area contributed by atoms with Gasteiger partial charge in [0.25, 0.3) is 0 Å². The van der Waals surface area contributed by atoms with Gasteiger partial charge in [-0.2, -0.15) is 8.73 Å². The number of rotatable bonds is 26. The molecule has 0 amide bonds. The van der Waals surface area contributed by atoms with Crippen molar-refractivity contribution < 1.29 is 0 Å². The van der Waals surface area contributed by atoms with Gasteiger partial charge in [-0.15, -0.1) is 45.3 Å². The third-order valence-corrected chi connectivity index (χ3v) is 21.7. The summed E-state index contributed by atoms with van der Waals surface area (Å²) in [7, 11) is 0. The monoisotopic (exact) mass is 1200 g/mol. The van der Waals surface area contributed by atoms with E-state index in [2.05, 4.69) is 103 Å². The normalized spacial score (nSPS) is 18.6. The summed E-state index contributed by atoms with van der Waals surface area (Å²) < 4.78 is 19.4. The third kappa shape index (κ3) is 9.04. The van der Waals surface area contributed by atoms with Gasteiger partial charge in [-0.25, -0.2) is 9.12 Å². The first-order valence-electron chi connectivity index (χ1n) is 22.9. The van der Waals surface area contributed by atoms with Crippen molar-refractivity contribution in [3.05, 3.63) is 78.4 Å². The highest BCUT2D eigenvalue weighted by atomic mass is 79.9. The lowest BCUT2D eigenvalue weighted by atomic mass is 9.71. The number of nitrogens with one attached hydrogen (secondary N) is 1. The molecule has 2 aliphatic heterocycles. The Morgan fingerprint density at radius 1 is 0.516 bits per heavy atom. The molecule has 6 heterocycles. The Balaban J connectivity index is 1.10. The lowest BCUT2D eigenvalue weighted by molar-refractivity contribution is 0.402. The minimum Gasteiger partial charge on any atom is -0.231 e. The van der Waals surface area contributed by atoms with E-state index >= 15 is 0 Å². The lowest BCUT2D eigenvalue weighted by Gasteiger charge is -2.32. The van der Waals surface area contributed by atoms with Gasteiger partial charge in [0.1, 0.15) is 11.4 Å². The molecular formula is C48H56Br4N4S6. The Bertz CT molecular complexity index is 2350. The number of nitrogens with zero attached hydrogens (tertiary/aromatic N) is 3. The van der Waals surface area contributed by atoms with E-state index in [-0.39, 0.29) is 16.9 Å².